The summed E-state index contributed by atoms with van der Waals surface area (Å²) in [4.78, 5) is 22.8. The zero-order chi connectivity index (χ0) is 22.7. The number of aryl methyl sites for hydroxylation is 1. The predicted octanol–water partition coefficient (Wildman–Crippen LogP) is 4.92. The number of hydrogen-bond acceptors (Lipinski definition) is 6. The lowest BCUT2D eigenvalue weighted by Gasteiger charge is -2.24. The van der Waals surface area contributed by atoms with Crippen molar-refractivity contribution >= 4 is 24.0 Å². The average molecular weight is 449 g/mol. The molecule has 0 fully saturated rings. The number of carbonyl (C=O) groups excluding carboxylic acids is 2. The fraction of sp³-hybridized carbons (Fsp3) is 0.417. The van der Waals surface area contributed by atoms with Crippen LogP contribution in [0.5, 0.6) is 5.75 Å². The molecule has 0 aliphatic carbocycles. The second-order valence-corrected chi connectivity index (χ2v) is 8.44. The first-order valence-corrected chi connectivity index (χ1v) is 10.4. The smallest absolute Gasteiger partial charge is 0.344 e. The Hall–Kier alpha value is -2.57. The van der Waals surface area contributed by atoms with Gasteiger partial charge in [0.25, 0.3) is 6.47 Å². The van der Waals surface area contributed by atoms with Gasteiger partial charge in [0.1, 0.15) is 11.9 Å². The molecule has 0 N–H and O–H groups in total. The molecule has 0 heterocycles. The van der Waals surface area contributed by atoms with Crippen LogP contribution in [0.4, 0.5) is 0 Å². The van der Waals surface area contributed by atoms with Crippen molar-refractivity contribution in [2.45, 2.75) is 33.3 Å². The standard InChI is InChI=1S/C24H29ClO6/c1-18-13-20(25)9-10-21(18)30-14-23(27)31-22(19-7-5-4-6-8-19)11-12-28-15-24(2,3)16-29-17-26/h4-10,13,17,22H,11-12,14-16H2,1-3H3. The highest BCUT2D eigenvalue weighted by molar-refractivity contribution is 6.30. The fourth-order valence-electron chi connectivity index (χ4n) is 2.91. The van der Waals surface area contributed by atoms with Gasteiger partial charge in [0.2, 0.25) is 0 Å². The lowest BCUT2D eigenvalue weighted by molar-refractivity contribution is -0.153. The summed E-state index contributed by atoms with van der Waals surface area (Å²) in [5.74, 6) is 0.114. The highest BCUT2D eigenvalue weighted by Crippen LogP contribution is 2.24. The van der Waals surface area contributed by atoms with E-state index in [1.807, 2.05) is 51.1 Å². The van der Waals surface area contributed by atoms with Crippen LogP contribution in [0.15, 0.2) is 48.5 Å². The van der Waals surface area contributed by atoms with Crippen molar-refractivity contribution < 1.29 is 28.5 Å². The van der Waals surface area contributed by atoms with Gasteiger partial charge < -0.3 is 18.9 Å². The Balaban J connectivity index is 1.89. The average Bonchev–Trinajstić information content (AvgIpc) is 2.74. The minimum Gasteiger partial charge on any atom is -0.482 e. The van der Waals surface area contributed by atoms with E-state index in [-0.39, 0.29) is 18.6 Å². The summed E-state index contributed by atoms with van der Waals surface area (Å²) >= 11 is 5.95. The van der Waals surface area contributed by atoms with Gasteiger partial charge in [-0.25, -0.2) is 4.79 Å². The van der Waals surface area contributed by atoms with Gasteiger partial charge in [-0.2, -0.15) is 0 Å². The summed E-state index contributed by atoms with van der Waals surface area (Å²) in [6, 6.07) is 14.7. The summed E-state index contributed by atoms with van der Waals surface area (Å²) in [7, 11) is 0. The van der Waals surface area contributed by atoms with E-state index in [9.17, 15) is 9.59 Å². The van der Waals surface area contributed by atoms with E-state index >= 15 is 0 Å². The number of benzene rings is 2. The van der Waals surface area contributed by atoms with Gasteiger partial charge in [0.15, 0.2) is 6.61 Å². The highest BCUT2D eigenvalue weighted by Gasteiger charge is 2.21. The minimum absolute atomic E-state index is 0.206. The van der Waals surface area contributed by atoms with Gasteiger partial charge in [-0.3, -0.25) is 4.79 Å². The SMILES string of the molecule is Cc1cc(Cl)ccc1OCC(=O)OC(CCOCC(C)(C)COC=O)c1ccccc1. The van der Waals surface area contributed by atoms with E-state index in [4.69, 9.17) is 30.5 Å². The van der Waals surface area contributed by atoms with Gasteiger partial charge in [-0.1, -0.05) is 55.8 Å². The summed E-state index contributed by atoms with van der Waals surface area (Å²) < 4.78 is 21.8. The van der Waals surface area contributed by atoms with Crippen LogP contribution in [0.25, 0.3) is 0 Å². The van der Waals surface area contributed by atoms with Crippen LogP contribution in [0.1, 0.15) is 37.5 Å². The van der Waals surface area contributed by atoms with Crippen molar-refractivity contribution in [2.24, 2.45) is 5.41 Å². The lowest BCUT2D eigenvalue weighted by atomic mass is 9.96. The Kier molecular flexibility index (Phi) is 9.82. The third-order valence-corrected chi connectivity index (χ3v) is 4.72. The topological polar surface area (TPSA) is 71.1 Å². The molecule has 2 aromatic carbocycles. The van der Waals surface area contributed by atoms with Crippen LogP contribution in [-0.2, 0) is 23.8 Å². The largest absolute Gasteiger partial charge is 0.482 e. The highest BCUT2D eigenvalue weighted by atomic mass is 35.5. The molecule has 1 atom stereocenters. The number of esters is 1. The maximum atomic E-state index is 12.4. The van der Waals surface area contributed by atoms with Crippen LogP contribution in [0, 0.1) is 12.3 Å². The van der Waals surface area contributed by atoms with E-state index in [1.54, 1.807) is 18.2 Å². The molecular weight excluding hydrogens is 420 g/mol. The molecule has 2 rings (SSSR count). The van der Waals surface area contributed by atoms with E-state index in [0.29, 0.717) is 36.9 Å². The summed E-state index contributed by atoms with van der Waals surface area (Å²) in [6.45, 7) is 7.04. The molecule has 0 aliphatic rings. The Labute approximate surface area is 188 Å². The molecule has 0 aliphatic heterocycles. The molecule has 0 radical (unpaired) electrons. The third kappa shape index (κ3) is 8.99. The summed E-state index contributed by atoms with van der Waals surface area (Å²) in [6.07, 6.45) is 0.0262. The molecule has 0 saturated carbocycles. The number of hydrogen-bond donors (Lipinski definition) is 0. The van der Waals surface area contributed by atoms with Crippen molar-refractivity contribution in [2.75, 3.05) is 26.4 Å². The molecule has 2 aromatic rings. The maximum absolute atomic E-state index is 12.4. The van der Waals surface area contributed by atoms with Crippen molar-refractivity contribution in [1.82, 2.24) is 0 Å². The van der Waals surface area contributed by atoms with Crippen molar-refractivity contribution in [1.29, 1.82) is 0 Å². The maximum Gasteiger partial charge on any atom is 0.344 e. The van der Waals surface area contributed by atoms with E-state index in [2.05, 4.69) is 0 Å². The fourth-order valence-corrected chi connectivity index (χ4v) is 3.13. The van der Waals surface area contributed by atoms with Gasteiger partial charge in [-0.15, -0.1) is 0 Å². The van der Waals surface area contributed by atoms with Crippen LogP contribution in [0.3, 0.4) is 0 Å². The normalized spacial score (nSPS) is 12.1. The van der Waals surface area contributed by atoms with E-state index in [1.165, 1.54) is 0 Å². The molecule has 1 unspecified atom stereocenters. The van der Waals surface area contributed by atoms with Crippen molar-refractivity contribution in [3.8, 4) is 5.75 Å². The molecule has 0 amide bonds. The number of ether oxygens (including phenoxy) is 4. The van der Waals surface area contributed by atoms with Gasteiger partial charge >= 0.3 is 5.97 Å². The predicted molar refractivity (Wildman–Crippen MR) is 118 cm³/mol. The number of rotatable bonds is 13. The molecule has 31 heavy (non-hydrogen) atoms. The molecule has 0 saturated heterocycles. The summed E-state index contributed by atoms with van der Waals surface area (Å²) in [5, 5.41) is 0.609. The Morgan fingerprint density at radius 3 is 2.55 bits per heavy atom. The first-order chi connectivity index (χ1) is 14.8. The minimum atomic E-state index is -0.470. The Morgan fingerprint density at radius 1 is 1.13 bits per heavy atom. The van der Waals surface area contributed by atoms with Gasteiger partial charge in [0, 0.05) is 16.9 Å². The first-order valence-electron chi connectivity index (χ1n) is 10.1. The molecule has 0 spiro atoms. The van der Waals surface area contributed by atoms with Crippen LogP contribution >= 0.6 is 11.6 Å². The Bertz CT molecular complexity index is 837. The molecule has 168 valence electrons. The number of halogens is 1. The van der Waals surface area contributed by atoms with Gasteiger partial charge in [0.05, 0.1) is 19.8 Å². The first kappa shape index (κ1) is 24.7. The summed E-state index contributed by atoms with van der Waals surface area (Å²) in [5.41, 5.74) is 1.42. The second kappa shape index (κ2) is 12.3. The van der Waals surface area contributed by atoms with Crippen molar-refractivity contribution in [3.63, 3.8) is 0 Å². The lowest BCUT2D eigenvalue weighted by Crippen LogP contribution is -2.26. The molecule has 6 nitrogen and oxygen atoms in total. The van der Waals surface area contributed by atoms with E-state index < -0.39 is 12.1 Å². The van der Waals surface area contributed by atoms with Crippen LogP contribution in [0.2, 0.25) is 5.02 Å². The van der Waals surface area contributed by atoms with Crippen LogP contribution in [-0.4, -0.2) is 38.9 Å². The molecule has 0 bridgehead atoms. The zero-order valence-corrected chi connectivity index (χ0v) is 18.9. The van der Waals surface area contributed by atoms with Crippen LogP contribution < -0.4 is 4.74 Å². The van der Waals surface area contributed by atoms with E-state index in [0.717, 1.165) is 11.1 Å². The second-order valence-electron chi connectivity index (χ2n) is 8.00. The monoisotopic (exact) mass is 448 g/mol. The molecule has 7 heteroatoms. The molecular formula is C24H29ClO6. The number of carbonyl (C=O) groups is 2. The Morgan fingerprint density at radius 2 is 1.87 bits per heavy atom. The molecule has 0 aromatic heterocycles. The van der Waals surface area contributed by atoms with Gasteiger partial charge in [-0.05, 0) is 36.2 Å². The quantitative estimate of drug-likeness (QED) is 0.246. The third-order valence-electron chi connectivity index (χ3n) is 4.49. The zero-order valence-electron chi connectivity index (χ0n) is 18.1. The van der Waals surface area contributed by atoms with Crippen molar-refractivity contribution in [3.05, 3.63) is 64.7 Å².